The Balaban J connectivity index is 1.76. The molecule has 1 atom stereocenters. The summed E-state index contributed by atoms with van der Waals surface area (Å²) in [7, 11) is 1.86. The molecule has 0 aliphatic heterocycles. The molecule has 0 spiro atoms. The molecule has 2 N–H and O–H groups in total. The number of rotatable bonds is 5. The van der Waals surface area contributed by atoms with Gasteiger partial charge in [-0.25, -0.2) is 14.2 Å². The van der Waals surface area contributed by atoms with E-state index in [4.69, 9.17) is 0 Å². The number of halogens is 1. The summed E-state index contributed by atoms with van der Waals surface area (Å²) in [4.78, 5) is 16.5. The number of aryl methyl sites for hydroxylation is 1. The second-order valence-corrected chi connectivity index (χ2v) is 5.68. The number of carbonyl (C=O) groups excluding carboxylic acids is 1. The quantitative estimate of drug-likeness (QED) is 0.751. The number of hydrogen-bond donors (Lipinski definition) is 2. The van der Waals surface area contributed by atoms with Gasteiger partial charge < -0.3 is 15.2 Å². The molecule has 3 rings (SSSR count). The molecule has 1 heterocycles. The van der Waals surface area contributed by atoms with E-state index < -0.39 is 6.04 Å². The average molecular weight is 338 g/mol. The summed E-state index contributed by atoms with van der Waals surface area (Å²) in [5.74, 6) is 0.408. The summed E-state index contributed by atoms with van der Waals surface area (Å²) in [5, 5.41) is 5.69. The Labute approximate surface area is 145 Å². The first-order valence-corrected chi connectivity index (χ1v) is 7.94. The van der Waals surface area contributed by atoms with Crippen LogP contribution in [-0.4, -0.2) is 15.6 Å². The monoisotopic (exact) mass is 338 g/mol. The predicted octanol–water partition coefficient (Wildman–Crippen LogP) is 3.15. The summed E-state index contributed by atoms with van der Waals surface area (Å²) in [6.07, 6.45) is 3.49. The lowest BCUT2D eigenvalue weighted by Crippen LogP contribution is -2.38. The fraction of sp³-hybridized carbons (Fsp3) is 0.158. The van der Waals surface area contributed by atoms with E-state index in [2.05, 4.69) is 15.6 Å². The van der Waals surface area contributed by atoms with Gasteiger partial charge in [-0.2, -0.15) is 0 Å². The zero-order chi connectivity index (χ0) is 17.6. The first-order chi connectivity index (χ1) is 12.1. The summed E-state index contributed by atoms with van der Waals surface area (Å²) in [5.41, 5.74) is 1.55. The molecule has 6 heteroatoms. The Morgan fingerprint density at radius 2 is 1.92 bits per heavy atom. The molecule has 0 aliphatic rings. The Hall–Kier alpha value is -3.15. The van der Waals surface area contributed by atoms with E-state index in [0.29, 0.717) is 12.1 Å². The highest BCUT2D eigenvalue weighted by Crippen LogP contribution is 2.22. The van der Waals surface area contributed by atoms with E-state index in [0.717, 1.165) is 11.4 Å². The molecule has 2 aromatic carbocycles. The van der Waals surface area contributed by atoms with Crippen molar-refractivity contribution in [2.45, 2.75) is 12.6 Å². The Kier molecular flexibility index (Phi) is 5.09. The van der Waals surface area contributed by atoms with Crippen LogP contribution in [0.3, 0.4) is 0 Å². The highest BCUT2D eigenvalue weighted by molar-refractivity contribution is 5.75. The van der Waals surface area contributed by atoms with Crippen molar-refractivity contribution in [2.75, 3.05) is 0 Å². The number of benzene rings is 2. The van der Waals surface area contributed by atoms with Gasteiger partial charge in [-0.05, 0) is 23.3 Å². The Bertz CT molecular complexity index is 847. The van der Waals surface area contributed by atoms with Gasteiger partial charge in [-0.3, -0.25) is 0 Å². The molecule has 25 heavy (non-hydrogen) atoms. The third kappa shape index (κ3) is 4.23. The number of hydrogen-bond acceptors (Lipinski definition) is 2. The Morgan fingerprint density at radius 3 is 2.60 bits per heavy atom. The number of aromatic nitrogens is 2. The van der Waals surface area contributed by atoms with Crippen LogP contribution in [0.5, 0.6) is 0 Å². The number of nitrogens with one attached hydrogen (secondary N) is 2. The van der Waals surface area contributed by atoms with Crippen molar-refractivity contribution in [3.63, 3.8) is 0 Å². The minimum Gasteiger partial charge on any atom is -0.337 e. The minimum atomic E-state index is -0.446. The van der Waals surface area contributed by atoms with Crippen molar-refractivity contribution < 1.29 is 9.18 Å². The van der Waals surface area contributed by atoms with E-state index in [1.165, 1.54) is 12.1 Å². The normalized spacial score (nSPS) is 11.8. The number of amides is 2. The molecule has 0 bridgehead atoms. The topological polar surface area (TPSA) is 59.0 Å². The maximum Gasteiger partial charge on any atom is 0.315 e. The highest BCUT2D eigenvalue weighted by Gasteiger charge is 2.17. The Morgan fingerprint density at radius 1 is 1.16 bits per heavy atom. The summed E-state index contributed by atoms with van der Waals surface area (Å²) in [6.45, 7) is 0.306. The number of carbonyl (C=O) groups is 1. The van der Waals surface area contributed by atoms with E-state index in [-0.39, 0.29) is 11.8 Å². The second kappa shape index (κ2) is 7.61. The molecular formula is C19H19FN4O. The standard InChI is InChI=1S/C19H19FN4O/c1-24-11-10-21-17(24)13-22-19(25)23-18(14-6-3-2-4-7-14)15-8-5-9-16(20)12-15/h2-12,18H,13H2,1H3,(H2,22,23,25). The van der Waals surface area contributed by atoms with Gasteiger partial charge in [0.25, 0.3) is 0 Å². The maximum atomic E-state index is 13.6. The van der Waals surface area contributed by atoms with Crippen molar-refractivity contribution in [2.24, 2.45) is 7.05 Å². The smallest absolute Gasteiger partial charge is 0.315 e. The third-order valence-corrected chi connectivity index (χ3v) is 3.92. The van der Waals surface area contributed by atoms with Gasteiger partial charge in [0.1, 0.15) is 11.6 Å². The van der Waals surface area contributed by atoms with Gasteiger partial charge in [0.15, 0.2) is 0 Å². The first kappa shape index (κ1) is 16.7. The van der Waals surface area contributed by atoms with Gasteiger partial charge in [-0.1, -0.05) is 42.5 Å². The lowest BCUT2D eigenvalue weighted by atomic mass is 9.99. The maximum absolute atomic E-state index is 13.6. The highest BCUT2D eigenvalue weighted by atomic mass is 19.1. The zero-order valence-electron chi connectivity index (χ0n) is 13.8. The van der Waals surface area contributed by atoms with Crippen LogP contribution in [0.15, 0.2) is 67.0 Å². The number of imidazole rings is 1. The molecule has 0 aliphatic carbocycles. The van der Waals surface area contributed by atoms with Crippen LogP contribution in [0, 0.1) is 5.82 Å². The molecule has 0 saturated heterocycles. The fourth-order valence-corrected chi connectivity index (χ4v) is 2.60. The fourth-order valence-electron chi connectivity index (χ4n) is 2.60. The molecular weight excluding hydrogens is 319 g/mol. The molecule has 1 unspecified atom stereocenters. The van der Waals surface area contributed by atoms with Gasteiger partial charge in [0.05, 0.1) is 12.6 Å². The molecule has 1 aromatic heterocycles. The summed E-state index contributed by atoms with van der Waals surface area (Å²) in [6, 6.07) is 14.9. The average Bonchev–Trinajstić information content (AvgIpc) is 3.03. The lowest BCUT2D eigenvalue weighted by molar-refractivity contribution is 0.238. The van der Waals surface area contributed by atoms with Crippen molar-refractivity contribution in [3.05, 3.63) is 89.8 Å². The van der Waals surface area contributed by atoms with Crippen LogP contribution in [0.4, 0.5) is 9.18 Å². The van der Waals surface area contributed by atoms with E-state index in [9.17, 15) is 9.18 Å². The zero-order valence-corrected chi connectivity index (χ0v) is 13.8. The van der Waals surface area contributed by atoms with E-state index >= 15 is 0 Å². The van der Waals surface area contributed by atoms with Crippen molar-refractivity contribution >= 4 is 6.03 Å². The number of nitrogens with zero attached hydrogens (tertiary/aromatic N) is 2. The summed E-state index contributed by atoms with van der Waals surface area (Å²) >= 11 is 0. The first-order valence-electron chi connectivity index (χ1n) is 7.94. The number of urea groups is 1. The van der Waals surface area contributed by atoms with Gasteiger partial charge in [0, 0.05) is 19.4 Å². The second-order valence-electron chi connectivity index (χ2n) is 5.68. The van der Waals surface area contributed by atoms with Gasteiger partial charge in [-0.15, -0.1) is 0 Å². The third-order valence-electron chi connectivity index (χ3n) is 3.92. The van der Waals surface area contributed by atoms with Crippen molar-refractivity contribution in [3.8, 4) is 0 Å². The van der Waals surface area contributed by atoms with Crippen LogP contribution < -0.4 is 10.6 Å². The van der Waals surface area contributed by atoms with Crippen LogP contribution in [0.1, 0.15) is 23.0 Å². The molecule has 2 amide bonds. The minimum absolute atomic E-state index is 0.306. The van der Waals surface area contributed by atoms with E-state index in [1.54, 1.807) is 18.3 Å². The van der Waals surface area contributed by atoms with Crippen LogP contribution in [-0.2, 0) is 13.6 Å². The summed E-state index contributed by atoms with van der Waals surface area (Å²) < 4.78 is 15.5. The molecule has 3 aromatic rings. The molecule has 0 radical (unpaired) electrons. The molecule has 0 fully saturated rings. The molecule has 0 saturated carbocycles. The van der Waals surface area contributed by atoms with Gasteiger partial charge in [0.2, 0.25) is 0 Å². The lowest BCUT2D eigenvalue weighted by Gasteiger charge is -2.20. The van der Waals surface area contributed by atoms with Crippen LogP contribution in [0.25, 0.3) is 0 Å². The molecule has 128 valence electrons. The van der Waals surface area contributed by atoms with Crippen molar-refractivity contribution in [1.29, 1.82) is 0 Å². The van der Waals surface area contributed by atoms with Crippen LogP contribution in [0.2, 0.25) is 0 Å². The SMILES string of the molecule is Cn1ccnc1CNC(=O)NC(c1ccccc1)c1cccc(F)c1. The molecule has 5 nitrogen and oxygen atoms in total. The van der Waals surface area contributed by atoms with E-state index in [1.807, 2.05) is 48.1 Å². The van der Waals surface area contributed by atoms with Crippen LogP contribution >= 0.6 is 0 Å². The predicted molar refractivity (Wildman–Crippen MR) is 93.3 cm³/mol. The largest absolute Gasteiger partial charge is 0.337 e. The van der Waals surface area contributed by atoms with Gasteiger partial charge >= 0.3 is 6.03 Å². The van der Waals surface area contributed by atoms with Crippen molar-refractivity contribution in [1.82, 2.24) is 20.2 Å².